The molecule has 1 N–H and O–H groups in total. The largest absolute Gasteiger partial charge is 0.391 e. The number of nitrogens with zero attached hydrogens (tertiary/aromatic N) is 1. The van der Waals surface area contributed by atoms with Gasteiger partial charge >= 0.3 is 0 Å². The minimum absolute atomic E-state index is 0.0846. The zero-order valence-electron chi connectivity index (χ0n) is 10.8. The van der Waals surface area contributed by atoms with Crippen LogP contribution in [0.25, 0.3) is 0 Å². The van der Waals surface area contributed by atoms with E-state index in [4.69, 9.17) is 4.74 Å². The van der Waals surface area contributed by atoms with Crippen molar-refractivity contribution in [2.75, 3.05) is 19.8 Å². The first kappa shape index (κ1) is 12.3. The normalized spacial score (nSPS) is 40.1. The van der Waals surface area contributed by atoms with E-state index in [1.54, 1.807) is 0 Å². The summed E-state index contributed by atoms with van der Waals surface area (Å²) in [5.41, 5.74) is 0.0846. The van der Waals surface area contributed by atoms with Gasteiger partial charge in [0.25, 0.3) is 0 Å². The van der Waals surface area contributed by atoms with Gasteiger partial charge in [0.2, 0.25) is 0 Å². The van der Waals surface area contributed by atoms with Crippen molar-refractivity contribution in [3.05, 3.63) is 0 Å². The Hall–Kier alpha value is -0.120. The van der Waals surface area contributed by atoms with Crippen molar-refractivity contribution in [2.45, 2.75) is 58.2 Å². The first-order valence-electron chi connectivity index (χ1n) is 6.58. The van der Waals surface area contributed by atoms with Crippen LogP contribution in [-0.4, -0.2) is 48.0 Å². The topological polar surface area (TPSA) is 32.7 Å². The number of morpholine rings is 1. The van der Waals surface area contributed by atoms with Gasteiger partial charge in [0.15, 0.2) is 0 Å². The summed E-state index contributed by atoms with van der Waals surface area (Å²) in [6.07, 6.45) is 3.20. The highest BCUT2D eigenvalue weighted by Gasteiger charge is 2.45. The van der Waals surface area contributed by atoms with Crippen LogP contribution in [0.2, 0.25) is 0 Å². The van der Waals surface area contributed by atoms with E-state index in [0.717, 1.165) is 39.0 Å². The molecule has 1 saturated heterocycles. The van der Waals surface area contributed by atoms with Gasteiger partial charge in [0.1, 0.15) is 0 Å². The number of rotatable bonds is 2. The van der Waals surface area contributed by atoms with Crippen LogP contribution < -0.4 is 0 Å². The third kappa shape index (κ3) is 2.13. The lowest BCUT2D eigenvalue weighted by molar-refractivity contribution is -0.0651. The monoisotopic (exact) mass is 227 g/mol. The van der Waals surface area contributed by atoms with Crippen LogP contribution in [0.4, 0.5) is 0 Å². The van der Waals surface area contributed by atoms with Gasteiger partial charge in [-0.3, -0.25) is 4.90 Å². The average molecular weight is 227 g/mol. The smallest absolute Gasteiger partial charge is 0.0746 e. The van der Waals surface area contributed by atoms with E-state index in [1.807, 2.05) is 0 Å². The molecule has 1 aliphatic heterocycles. The van der Waals surface area contributed by atoms with E-state index >= 15 is 0 Å². The molecule has 1 saturated carbocycles. The second-order valence-electron chi connectivity index (χ2n) is 5.91. The molecule has 0 bridgehead atoms. The molecule has 0 aromatic heterocycles. The lowest BCUT2D eigenvalue weighted by Gasteiger charge is -2.41. The van der Waals surface area contributed by atoms with E-state index in [0.29, 0.717) is 12.1 Å². The minimum atomic E-state index is -0.181. The maximum Gasteiger partial charge on any atom is 0.0746 e. The van der Waals surface area contributed by atoms with Crippen LogP contribution >= 0.6 is 0 Å². The van der Waals surface area contributed by atoms with Crippen LogP contribution in [-0.2, 0) is 4.74 Å². The van der Waals surface area contributed by atoms with Crippen molar-refractivity contribution in [3.8, 4) is 0 Å². The van der Waals surface area contributed by atoms with Crippen molar-refractivity contribution >= 4 is 0 Å². The molecular weight excluding hydrogens is 202 g/mol. The fourth-order valence-corrected chi connectivity index (χ4v) is 3.15. The van der Waals surface area contributed by atoms with E-state index in [2.05, 4.69) is 25.7 Å². The van der Waals surface area contributed by atoms with E-state index in [1.165, 1.54) is 0 Å². The van der Waals surface area contributed by atoms with Crippen molar-refractivity contribution < 1.29 is 9.84 Å². The molecule has 1 aliphatic carbocycles. The van der Waals surface area contributed by atoms with Crippen LogP contribution in [0.5, 0.6) is 0 Å². The van der Waals surface area contributed by atoms with E-state index in [9.17, 15) is 5.11 Å². The quantitative estimate of drug-likeness (QED) is 0.778. The van der Waals surface area contributed by atoms with Gasteiger partial charge in [0, 0.05) is 18.6 Å². The zero-order chi connectivity index (χ0) is 11.8. The predicted octanol–water partition coefficient (Wildman–Crippen LogP) is 1.65. The molecule has 3 heteroatoms. The van der Waals surface area contributed by atoms with Gasteiger partial charge in [-0.05, 0) is 24.7 Å². The average Bonchev–Trinajstić information content (AvgIpc) is 2.54. The maximum atomic E-state index is 10.4. The fraction of sp³-hybridized carbons (Fsp3) is 1.00. The summed E-state index contributed by atoms with van der Waals surface area (Å²) in [4.78, 5) is 2.49. The lowest BCUT2D eigenvalue weighted by atomic mass is 9.88. The SMILES string of the molecule is CCC1COCCN1C1CCC(C)(C)C1O. The highest BCUT2D eigenvalue weighted by molar-refractivity contribution is 4.98. The van der Waals surface area contributed by atoms with Crippen LogP contribution in [0.3, 0.4) is 0 Å². The molecule has 0 spiro atoms. The van der Waals surface area contributed by atoms with Crippen molar-refractivity contribution in [1.29, 1.82) is 0 Å². The van der Waals surface area contributed by atoms with Gasteiger partial charge < -0.3 is 9.84 Å². The molecule has 0 amide bonds. The predicted molar refractivity (Wildman–Crippen MR) is 64.4 cm³/mol. The van der Waals surface area contributed by atoms with Crippen LogP contribution in [0.15, 0.2) is 0 Å². The summed E-state index contributed by atoms with van der Waals surface area (Å²) >= 11 is 0. The summed E-state index contributed by atoms with van der Waals surface area (Å²) in [6, 6.07) is 0.853. The second kappa shape index (κ2) is 4.63. The van der Waals surface area contributed by atoms with Gasteiger partial charge in [0.05, 0.1) is 19.3 Å². The number of aliphatic hydroxyl groups is 1. The van der Waals surface area contributed by atoms with E-state index < -0.39 is 0 Å². The molecule has 1 heterocycles. The third-order valence-electron chi connectivity index (χ3n) is 4.42. The molecule has 2 rings (SSSR count). The third-order valence-corrected chi connectivity index (χ3v) is 4.42. The molecule has 94 valence electrons. The van der Waals surface area contributed by atoms with E-state index in [-0.39, 0.29) is 11.5 Å². The van der Waals surface area contributed by atoms with Crippen molar-refractivity contribution in [3.63, 3.8) is 0 Å². The molecule has 3 unspecified atom stereocenters. The molecular formula is C13H25NO2. The van der Waals surface area contributed by atoms with Crippen molar-refractivity contribution in [1.82, 2.24) is 4.90 Å². The Morgan fingerprint density at radius 2 is 2.19 bits per heavy atom. The van der Waals surface area contributed by atoms with Crippen LogP contribution in [0.1, 0.15) is 40.0 Å². The molecule has 0 aromatic carbocycles. The summed E-state index contributed by atoms with van der Waals surface area (Å²) in [5.74, 6) is 0. The van der Waals surface area contributed by atoms with Crippen molar-refractivity contribution in [2.24, 2.45) is 5.41 Å². The van der Waals surface area contributed by atoms with Gasteiger partial charge in [-0.1, -0.05) is 20.8 Å². The summed E-state index contributed by atoms with van der Waals surface area (Å²) in [6.45, 7) is 9.20. The number of aliphatic hydroxyl groups excluding tert-OH is 1. The summed E-state index contributed by atoms with van der Waals surface area (Å²) in [7, 11) is 0. The molecule has 2 aliphatic rings. The number of hydrogen-bond acceptors (Lipinski definition) is 3. The van der Waals surface area contributed by atoms with Gasteiger partial charge in [-0.2, -0.15) is 0 Å². The molecule has 0 radical (unpaired) electrons. The molecule has 2 fully saturated rings. The second-order valence-corrected chi connectivity index (χ2v) is 5.91. The first-order valence-corrected chi connectivity index (χ1v) is 6.58. The molecule has 0 aromatic rings. The Labute approximate surface area is 98.8 Å². The Morgan fingerprint density at radius 1 is 1.44 bits per heavy atom. The molecule has 3 nitrogen and oxygen atoms in total. The Balaban J connectivity index is 2.06. The molecule has 16 heavy (non-hydrogen) atoms. The zero-order valence-corrected chi connectivity index (χ0v) is 10.8. The minimum Gasteiger partial charge on any atom is -0.391 e. The first-order chi connectivity index (χ1) is 7.56. The standard InChI is InChI=1S/C13H25NO2/c1-4-10-9-16-8-7-14(10)11-5-6-13(2,3)12(11)15/h10-12,15H,4-9H2,1-3H3. The Kier molecular flexibility index (Phi) is 3.57. The van der Waals surface area contributed by atoms with Gasteiger partial charge in [-0.15, -0.1) is 0 Å². The summed E-state index contributed by atoms with van der Waals surface area (Å²) in [5, 5.41) is 10.4. The number of hydrogen-bond donors (Lipinski definition) is 1. The lowest BCUT2D eigenvalue weighted by Crippen LogP contribution is -2.54. The number of ether oxygens (including phenoxy) is 1. The highest BCUT2D eigenvalue weighted by Crippen LogP contribution is 2.40. The fourth-order valence-electron chi connectivity index (χ4n) is 3.15. The summed E-state index contributed by atoms with van der Waals surface area (Å²) < 4.78 is 5.53. The van der Waals surface area contributed by atoms with Crippen LogP contribution in [0, 0.1) is 5.41 Å². The highest BCUT2D eigenvalue weighted by atomic mass is 16.5. The Bertz CT molecular complexity index is 242. The Morgan fingerprint density at radius 3 is 2.75 bits per heavy atom. The van der Waals surface area contributed by atoms with Gasteiger partial charge in [-0.25, -0.2) is 0 Å². The molecule has 3 atom stereocenters. The maximum absolute atomic E-state index is 10.4.